The van der Waals surface area contributed by atoms with Crippen LogP contribution in [-0.2, 0) is 6.42 Å². The van der Waals surface area contributed by atoms with E-state index in [2.05, 4.69) is 48.6 Å². The van der Waals surface area contributed by atoms with Crippen LogP contribution in [0.2, 0.25) is 5.02 Å². The second kappa shape index (κ2) is 8.88. The summed E-state index contributed by atoms with van der Waals surface area (Å²) in [6, 6.07) is 26.4. The van der Waals surface area contributed by atoms with Gasteiger partial charge in [-0.2, -0.15) is 0 Å². The molecule has 26 heavy (non-hydrogen) atoms. The number of hydrogen-bond donors (Lipinski definition) is 2. The molecule has 134 valence electrons. The number of aromatic hydroxyl groups is 1. The topological polar surface area (TPSA) is 32.3 Å². The SMILES string of the molecule is C[C@H](CCc1ccc(O)cc1)N[C@H](c1ccccc1)c1ccc(Cl)cc1. The van der Waals surface area contributed by atoms with Crippen LogP contribution in [0.15, 0.2) is 78.9 Å². The van der Waals surface area contributed by atoms with Gasteiger partial charge in [-0.05, 0) is 60.7 Å². The Labute approximate surface area is 160 Å². The van der Waals surface area contributed by atoms with E-state index in [-0.39, 0.29) is 6.04 Å². The molecule has 3 aromatic carbocycles. The van der Waals surface area contributed by atoms with Crippen molar-refractivity contribution >= 4 is 11.6 Å². The highest BCUT2D eigenvalue weighted by atomic mass is 35.5. The van der Waals surface area contributed by atoms with E-state index in [0.29, 0.717) is 11.8 Å². The second-order valence-electron chi connectivity index (χ2n) is 6.67. The first-order chi connectivity index (χ1) is 12.6. The van der Waals surface area contributed by atoms with Crippen LogP contribution in [0.25, 0.3) is 0 Å². The third kappa shape index (κ3) is 5.10. The van der Waals surface area contributed by atoms with Crippen LogP contribution in [0, 0.1) is 0 Å². The van der Waals surface area contributed by atoms with E-state index in [4.69, 9.17) is 11.6 Å². The fourth-order valence-electron chi connectivity index (χ4n) is 3.10. The van der Waals surface area contributed by atoms with Gasteiger partial charge < -0.3 is 10.4 Å². The Hall–Kier alpha value is -2.29. The standard InChI is InChI=1S/C23H24ClNO/c1-17(7-8-18-9-15-22(26)16-10-18)25-23(19-5-3-2-4-6-19)20-11-13-21(24)14-12-20/h2-6,9-17,23,25-26H,7-8H2,1H3/t17-,23-/m1/s1. The molecule has 2 N–H and O–H groups in total. The summed E-state index contributed by atoms with van der Waals surface area (Å²) in [7, 11) is 0. The number of phenols is 1. The summed E-state index contributed by atoms with van der Waals surface area (Å²) in [6.45, 7) is 2.21. The lowest BCUT2D eigenvalue weighted by atomic mass is 9.97. The van der Waals surface area contributed by atoms with Gasteiger partial charge in [0.2, 0.25) is 0 Å². The van der Waals surface area contributed by atoms with Crippen molar-refractivity contribution in [2.75, 3.05) is 0 Å². The van der Waals surface area contributed by atoms with Gasteiger partial charge in [0, 0.05) is 11.1 Å². The van der Waals surface area contributed by atoms with Crippen molar-refractivity contribution in [1.29, 1.82) is 0 Å². The maximum absolute atomic E-state index is 9.40. The molecule has 0 saturated carbocycles. The Morgan fingerprint density at radius 2 is 1.46 bits per heavy atom. The fraction of sp³-hybridized carbons (Fsp3) is 0.217. The largest absolute Gasteiger partial charge is 0.508 e. The minimum atomic E-state index is 0.128. The maximum Gasteiger partial charge on any atom is 0.115 e. The van der Waals surface area contributed by atoms with Crippen molar-refractivity contribution in [3.63, 3.8) is 0 Å². The van der Waals surface area contributed by atoms with Crippen LogP contribution in [0.5, 0.6) is 5.75 Å². The van der Waals surface area contributed by atoms with Gasteiger partial charge >= 0.3 is 0 Å². The average Bonchev–Trinajstić information content (AvgIpc) is 2.67. The first-order valence-corrected chi connectivity index (χ1v) is 9.34. The summed E-state index contributed by atoms with van der Waals surface area (Å²) in [4.78, 5) is 0. The zero-order chi connectivity index (χ0) is 18.4. The lowest BCUT2D eigenvalue weighted by Crippen LogP contribution is -2.31. The number of phenolic OH excluding ortho intramolecular Hbond substituents is 1. The van der Waals surface area contributed by atoms with E-state index in [1.54, 1.807) is 12.1 Å². The molecule has 0 aliphatic rings. The Balaban J connectivity index is 1.70. The smallest absolute Gasteiger partial charge is 0.115 e. The molecule has 2 atom stereocenters. The highest BCUT2D eigenvalue weighted by Gasteiger charge is 2.16. The fourth-order valence-corrected chi connectivity index (χ4v) is 3.23. The monoisotopic (exact) mass is 365 g/mol. The highest BCUT2D eigenvalue weighted by molar-refractivity contribution is 6.30. The minimum absolute atomic E-state index is 0.128. The Bertz CT molecular complexity index is 800. The summed E-state index contributed by atoms with van der Waals surface area (Å²) < 4.78 is 0. The first kappa shape index (κ1) is 18.5. The van der Waals surface area contributed by atoms with Crippen LogP contribution >= 0.6 is 11.6 Å². The highest BCUT2D eigenvalue weighted by Crippen LogP contribution is 2.24. The van der Waals surface area contributed by atoms with Gasteiger partial charge in [-0.3, -0.25) is 0 Å². The molecule has 0 amide bonds. The molecule has 0 heterocycles. The summed E-state index contributed by atoms with van der Waals surface area (Å²) in [5, 5.41) is 13.9. The number of nitrogens with one attached hydrogen (secondary N) is 1. The summed E-state index contributed by atoms with van der Waals surface area (Å²) >= 11 is 6.06. The Morgan fingerprint density at radius 1 is 0.846 bits per heavy atom. The van der Waals surface area contributed by atoms with E-state index >= 15 is 0 Å². The average molecular weight is 366 g/mol. The molecule has 0 aliphatic heterocycles. The second-order valence-corrected chi connectivity index (χ2v) is 7.10. The molecule has 0 radical (unpaired) electrons. The van der Waals surface area contributed by atoms with Crippen molar-refractivity contribution < 1.29 is 5.11 Å². The first-order valence-electron chi connectivity index (χ1n) is 8.96. The summed E-state index contributed by atoms with van der Waals surface area (Å²) in [6.07, 6.45) is 1.98. The van der Waals surface area contributed by atoms with Gasteiger partial charge in [0.15, 0.2) is 0 Å². The maximum atomic E-state index is 9.40. The predicted octanol–water partition coefficient (Wildman–Crippen LogP) is 5.75. The van der Waals surface area contributed by atoms with Gasteiger partial charge in [-0.15, -0.1) is 0 Å². The van der Waals surface area contributed by atoms with E-state index in [1.807, 2.05) is 30.3 Å². The van der Waals surface area contributed by atoms with Gasteiger partial charge in [-0.25, -0.2) is 0 Å². The van der Waals surface area contributed by atoms with Crippen LogP contribution in [0.4, 0.5) is 0 Å². The van der Waals surface area contributed by atoms with E-state index < -0.39 is 0 Å². The van der Waals surface area contributed by atoms with Crippen molar-refractivity contribution in [3.8, 4) is 5.75 Å². The van der Waals surface area contributed by atoms with Gasteiger partial charge in [0.05, 0.1) is 6.04 Å². The molecule has 3 rings (SSSR count). The van der Waals surface area contributed by atoms with Gasteiger partial charge in [-0.1, -0.05) is 66.2 Å². The molecule has 0 saturated heterocycles. The molecule has 3 aromatic rings. The van der Waals surface area contributed by atoms with E-state index in [1.165, 1.54) is 16.7 Å². The molecule has 0 bridgehead atoms. The molecule has 0 unspecified atom stereocenters. The molecule has 2 nitrogen and oxygen atoms in total. The number of halogens is 1. The normalized spacial score (nSPS) is 13.3. The number of rotatable bonds is 7. The third-order valence-corrected chi connectivity index (χ3v) is 4.84. The number of hydrogen-bond acceptors (Lipinski definition) is 2. The molecule has 0 spiro atoms. The molecule has 0 aliphatic carbocycles. The van der Waals surface area contributed by atoms with Crippen molar-refractivity contribution in [3.05, 3.63) is 101 Å². The zero-order valence-corrected chi connectivity index (χ0v) is 15.7. The Morgan fingerprint density at radius 3 is 2.12 bits per heavy atom. The third-order valence-electron chi connectivity index (χ3n) is 4.59. The van der Waals surface area contributed by atoms with Crippen molar-refractivity contribution in [1.82, 2.24) is 5.32 Å². The molecule has 0 fully saturated rings. The zero-order valence-electron chi connectivity index (χ0n) is 14.9. The molecular weight excluding hydrogens is 342 g/mol. The van der Waals surface area contributed by atoms with Crippen LogP contribution in [0.3, 0.4) is 0 Å². The molecular formula is C23H24ClNO. The lowest BCUT2D eigenvalue weighted by molar-refractivity contribution is 0.470. The number of aryl methyl sites for hydroxylation is 1. The molecule has 0 aromatic heterocycles. The summed E-state index contributed by atoms with van der Waals surface area (Å²) in [5.41, 5.74) is 3.68. The van der Waals surface area contributed by atoms with E-state index in [9.17, 15) is 5.11 Å². The quantitative estimate of drug-likeness (QED) is 0.559. The number of benzene rings is 3. The minimum Gasteiger partial charge on any atom is -0.508 e. The van der Waals surface area contributed by atoms with Crippen molar-refractivity contribution in [2.24, 2.45) is 0 Å². The van der Waals surface area contributed by atoms with Gasteiger partial charge in [0.1, 0.15) is 5.75 Å². The van der Waals surface area contributed by atoms with Crippen LogP contribution < -0.4 is 5.32 Å². The van der Waals surface area contributed by atoms with Crippen LogP contribution in [-0.4, -0.2) is 11.1 Å². The predicted molar refractivity (Wildman–Crippen MR) is 109 cm³/mol. The summed E-state index contributed by atoms with van der Waals surface area (Å²) in [5.74, 6) is 0.312. The lowest BCUT2D eigenvalue weighted by Gasteiger charge is -2.24. The Kier molecular flexibility index (Phi) is 6.32. The molecule has 3 heteroatoms. The van der Waals surface area contributed by atoms with Crippen molar-refractivity contribution in [2.45, 2.75) is 31.8 Å². The van der Waals surface area contributed by atoms with E-state index in [0.717, 1.165) is 17.9 Å². The van der Waals surface area contributed by atoms with Crippen LogP contribution in [0.1, 0.15) is 36.1 Å². The van der Waals surface area contributed by atoms with Gasteiger partial charge in [0.25, 0.3) is 0 Å².